The van der Waals surface area contributed by atoms with E-state index in [-0.39, 0.29) is 29.4 Å². The molecule has 2 saturated heterocycles. The monoisotopic (exact) mass is 348 g/mol. The molecule has 0 aromatic carbocycles. The lowest BCUT2D eigenvalue weighted by Crippen LogP contribution is -2.57. The van der Waals surface area contributed by atoms with Crippen molar-refractivity contribution in [2.24, 2.45) is 5.92 Å². The minimum atomic E-state index is -0.792. The van der Waals surface area contributed by atoms with Gasteiger partial charge in [0.25, 0.3) is 11.5 Å². The molecule has 0 atom stereocenters. The van der Waals surface area contributed by atoms with Crippen LogP contribution in [0.3, 0.4) is 0 Å². The molecule has 136 valence electrons. The van der Waals surface area contributed by atoms with Gasteiger partial charge in [0.15, 0.2) is 0 Å². The standard InChI is InChI=1S/C16H24N6O3/c1-10(2)9-22-15(25)20(3)13(24)16(22)4-6-21(7-5-16)11-8-12(23)19-14(17)18-11/h8,10H,4-7,9H2,1-3H3,(H3,17,18,19,23). The van der Waals surface area contributed by atoms with Crippen LogP contribution in [0.4, 0.5) is 16.6 Å². The topological polar surface area (TPSA) is 116 Å². The number of urea groups is 1. The smallest absolute Gasteiger partial charge is 0.327 e. The Bertz CT molecular complexity index is 750. The lowest BCUT2D eigenvalue weighted by molar-refractivity contribution is -0.133. The second kappa shape index (κ2) is 6.05. The Morgan fingerprint density at radius 3 is 2.48 bits per heavy atom. The van der Waals surface area contributed by atoms with Gasteiger partial charge in [-0.25, -0.2) is 4.79 Å². The molecule has 3 heterocycles. The van der Waals surface area contributed by atoms with Crippen LogP contribution in [0.2, 0.25) is 0 Å². The van der Waals surface area contributed by atoms with Crippen molar-refractivity contribution in [2.45, 2.75) is 32.2 Å². The molecule has 1 aromatic heterocycles. The van der Waals surface area contributed by atoms with Crippen molar-refractivity contribution in [3.8, 4) is 0 Å². The second-order valence-electron chi connectivity index (χ2n) is 7.16. The molecule has 0 saturated carbocycles. The molecule has 9 nitrogen and oxygen atoms in total. The molecule has 2 aliphatic rings. The van der Waals surface area contributed by atoms with Gasteiger partial charge >= 0.3 is 6.03 Å². The molecule has 0 unspecified atom stereocenters. The maximum Gasteiger partial charge on any atom is 0.327 e. The molecule has 9 heteroatoms. The number of likely N-dealkylation sites (N-methyl/N-ethyl adjacent to an activating group) is 1. The maximum atomic E-state index is 12.8. The summed E-state index contributed by atoms with van der Waals surface area (Å²) in [6.45, 7) is 5.66. The number of amides is 3. The molecule has 2 fully saturated rings. The number of carbonyl (C=O) groups excluding carboxylic acids is 2. The Balaban J connectivity index is 1.84. The molecule has 0 aliphatic carbocycles. The number of hydrogen-bond acceptors (Lipinski definition) is 6. The van der Waals surface area contributed by atoms with Gasteiger partial charge in [0.05, 0.1) is 0 Å². The third-order valence-electron chi connectivity index (χ3n) is 4.95. The number of aromatic amines is 1. The Hall–Kier alpha value is -2.58. The first-order valence-corrected chi connectivity index (χ1v) is 8.46. The van der Waals surface area contributed by atoms with Gasteiger partial charge in [0.1, 0.15) is 11.4 Å². The molecular formula is C16H24N6O3. The van der Waals surface area contributed by atoms with E-state index in [1.165, 1.54) is 18.0 Å². The van der Waals surface area contributed by atoms with Crippen LogP contribution in [0.5, 0.6) is 0 Å². The highest BCUT2D eigenvalue weighted by Crippen LogP contribution is 2.37. The lowest BCUT2D eigenvalue weighted by Gasteiger charge is -2.43. The molecule has 3 amide bonds. The van der Waals surface area contributed by atoms with E-state index >= 15 is 0 Å². The number of H-pyrrole nitrogens is 1. The predicted octanol–water partition coefficient (Wildman–Crippen LogP) is 0.241. The highest BCUT2D eigenvalue weighted by Gasteiger charge is 2.56. The SMILES string of the molecule is CC(C)CN1C(=O)N(C)C(=O)C12CCN(c1cc(=O)[nH]c(N)n1)CC2. The zero-order valence-corrected chi connectivity index (χ0v) is 14.8. The van der Waals surface area contributed by atoms with E-state index in [2.05, 4.69) is 9.97 Å². The number of hydrogen-bond donors (Lipinski definition) is 2. The minimum Gasteiger partial charge on any atom is -0.369 e. The van der Waals surface area contributed by atoms with E-state index in [0.29, 0.717) is 38.3 Å². The molecule has 0 radical (unpaired) electrons. The summed E-state index contributed by atoms with van der Waals surface area (Å²) in [7, 11) is 1.54. The van der Waals surface area contributed by atoms with Crippen LogP contribution in [0.15, 0.2) is 10.9 Å². The number of nitrogen functional groups attached to an aromatic ring is 1. The summed E-state index contributed by atoms with van der Waals surface area (Å²) >= 11 is 0. The van der Waals surface area contributed by atoms with Crippen molar-refractivity contribution < 1.29 is 9.59 Å². The Morgan fingerprint density at radius 2 is 1.92 bits per heavy atom. The number of carbonyl (C=O) groups is 2. The zero-order valence-electron chi connectivity index (χ0n) is 14.8. The van der Waals surface area contributed by atoms with Gasteiger partial charge in [0.2, 0.25) is 5.95 Å². The van der Waals surface area contributed by atoms with Gasteiger partial charge in [-0.05, 0) is 18.8 Å². The highest BCUT2D eigenvalue weighted by atomic mass is 16.2. The zero-order chi connectivity index (χ0) is 18.4. The first-order chi connectivity index (χ1) is 11.7. The number of nitrogens with two attached hydrogens (primary N) is 1. The van der Waals surface area contributed by atoms with Crippen molar-refractivity contribution in [2.75, 3.05) is 37.3 Å². The number of piperidine rings is 1. The Morgan fingerprint density at radius 1 is 1.28 bits per heavy atom. The average molecular weight is 348 g/mol. The first kappa shape index (κ1) is 17.2. The van der Waals surface area contributed by atoms with Crippen molar-refractivity contribution in [1.29, 1.82) is 0 Å². The van der Waals surface area contributed by atoms with Crippen LogP contribution in [0.25, 0.3) is 0 Å². The van der Waals surface area contributed by atoms with Crippen LogP contribution >= 0.6 is 0 Å². The Kier molecular flexibility index (Phi) is 4.18. The van der Waals surface area contributed by atoms with Gasteiger partial charge < -0.3 is 15.5 Å². The minimum absolute atomic E-state index is 0.0658. The third-order valence-corrected chi connectivity index (χ3v) is 4.95. The molecule has 2 aliphatic heterocycles. The molecule has 1 aromatic rings. The number of anilines is 2. The van der Waals surface area contributed by atoms with Crippen LogP contribution in [0.1, 0.15) is 26.7 Å². The van der Waals surface area contributed by atoms with Crippen molar-refractivity contribution in [3.05, 3.63) is 16.4 Å². The van der Waals surface area contributed by atoms with Crippen LogP contribution in [-0.2, 0) is 4.79 Å². The summed E-state index contributed by atoms with van der Waals surface area (Å²) in [6, 6.07) is 1.17. The molecule has 1 spiro atoms. The first-order valence-electron chi connectivity index (χ1n) is 8.46. The summed E-state index contributed by atoms with van der Waals surface area (Å²) in [4.78, 5) is 48.3. The largest absolute Gasteiger partial charge is 0.369 e. The predicted molar refractivity (Wildman–Crippen MR) is 93.2 cm³/mol. The maximum absolute atomic E-state index is 12.8. The number of rotatable bonds is 3. The molecule has 3 N–H and O–H groups in total. The molecule has 0 bridgehead atoms. The Labute approximate surface area is 145 Å². The molecule has 25 heavy (non-hydrogen) atoms. The second-order valence-corrected chi connectivity index (χ2v) is 7.16. The lowest BCUT2D eigenvalue weighted by atomic mass is 9.85. The van der Waals surface area contributed by atoms with Crippen LogP contribution in [0, 0.1) is 5.92 Å². The van der Waals surface area contributed by atoms with E-state index in [1.807, 2.05) is 18.7 Å². The van der Waals surface area contributed by atoms with Gasteiger partial charge in [-0.3, -0.25) is 19.5 Å². The summed E-state index contributed by atoms with van der Waals surface area (Å²) < 4.78 is 0. The van der Waals surface area contributed by atoms with E-state index in [1.54, 1.807) is 4.90 Å². The average Bonchev–Trinajstić information content (AvgIpc) is 2.71. The number of imide groups is 1. The van der Waals surface area contributed by atoms with Crippen molar-refractivity contribution in [1.82, 2.24) is 19.8 Å². The molecular weight excluding hydrogens is 324 g/mol. The summed E-state index contributed by atoms with van der Waals surface area (Å²) in [6.07, 6.45) is 1.01. The van der Waals surface area contributed by atoms with Crippen LogP contribution in [-0.4, -0.2) is 63.9 Å². The van der Waals surface area contributed by atoms with E-state index in [9.17, 15) is 14.4 Å². The normalized spacial score (nSPS) is 20.2. The van der Waals surface area contributed by atoms with Gasteiger partial charge in [-0.2, -0.15) is 4.98 Å². The highest BCUT2D eigenvalue weighted by molar-refractivity contribution is 6.06. The number of nitrogens with one attached hydrogen (secondary N) is 1. The van der Waals surface area contributed by atoms with Gasteiger partial charge in [-0.15, -0.1) is 0 Å². The van der Waals surface area contributed by atoms with Crippen molar-refractivity contribution >= 4 is 23.7 Å². The fraction of sp³-hybridized carbons (Fsp3) is 0.625. The molecule has 3 rings (SSSR count). The van der Waals surface area contributed by atoms with Gasteiger partial charge in [-0.1, -0.05) is 13.8 Å². The number of nitrogens with zero attached hydrogens (tertiary/aromatic N) is 4. The van der Waals surface area contributed by atoms with E-state index in [0.717, 1.165) is 0 Å². The summed E-state index contributed by atoms with van der Waals surface area (Å²) in [5, 5.41) is 0. The van der Waals surface area contributed by atoms with E-state index < -0.39 is 5.54 Å². The summed E-state index contributed by atoms with van der Waals surface area (Å²) in [5.41, 5.74) is 4.51. The number of aromatic nitrogens is 2. The fourth-order valence-electron chi connectivity index (χ4n) is 3.71. The van der Waals surface area contributed by atoms with Gasteiger partial charge in [0, 0.05) is 32.7 Å². The van der Waals surface area contributed by atoms with Crippen LogP contribution < -0.4 is 16.2 Å². The third kappa shape index (κ3) is 2.83. The summed E-state index contributed by atoms with van der Waals surface area (Å²) in [5.74, 6) is 0.691. The van der Waals surface area contributed by atoms with Crippen molar-refractivity contribution in [3.63, 3.8) is 0 Å². The fourth-order valence-corrected chi connectivity index (χ4v) is 3.71. The van der Waals surface area contributed by atoms with E-state index in [4.69, 9.17) is 5.73 Å². The quantitative estimate of drug-likeness (QED) is 0.756.